The number of nitrogens with one attached hydrogen (secondary N) is 1. The molecule has 1 N–H and O–H groups in total. The molecule has 25 heavy (non-hydrogen) atoms. The van der Waals surface area contributed by atoms with Crippen LogP contribution in [0.5, 0.6) is 5.75 Å². The van der Waals surface area contributed by atoms with Crippen molar-refractivity contribution in [1.29, 1.82) is 0 Å². The average molecular weight is 374 g/mol. The van der Waals surface area contributed by atoms with E-state index < -0.39 is 21.7 Å². The molecule has 1 aliphatic rings. The Labute approximate surface area is 147 Å². The molecule has 0 radical (unpaired) electrons. The minimum atomic E-state index is -3.52. The van der Waals surface area contributed by atoms with E-state index in [0.29, 0.717) is 5.75 Å². The van der Waals surface area contributed by atoms with Crippen LogP contribution >= 0.6 is 0 Å². The number of sulfonamides is 1. The maximum Gasteiger partial charge on any atom is 0.254 e. The molecule has 9 heteroatoms. The van der Waals surface area contributed by atoms with E-state index >= 15 is 0 Å². The summed E-state index contributed by atoms with van der Waals surface area (Å²) in [6.45, 7) is 4.09. The zero-order valence-electron chi connectivity index (χ0n) is 14.5. The van der Waals surface area contributed by atoms with Crippen LogP contribution in [0.2, 0.25) is 0 Å². The van der Waals surface area contributed by atoms with Gasteiger partial charge in [-0.25, -0.2) is 12.8 Å². The van der Waals surface area contributed by atoms with Crippen molar-refractivity contribution in [3.8, 4) is 5.75 Å². The maximum atomic E-state index is 13.8. The zero-order valence-corrected chi connectivity index (χ0v) is 15.3. The van der Waals surface area contributed by atoms with Gasteiger partial charge in [0, 0.05) is 25.7 Å². The van der Waals surface area contributed by atoms with Crippen molar-refractivity contribution >= 4 is 15.9 Å². The van der Waals surface area contributed by atoms with Gasteiger partial charge in [-0.05, 0) is 26.0 Å². The Morgan fingerprint density at radius 1 is 1.36 bits per heavy atom. The molecule has 1 amide bonds. The summed E-state index contributed by atoms with van der Waals surface area (Å²) in [5.41, 5.74) is -0.160. The molecular weight excluding hydrogens is 351 g/mol. The number of amides is 1. The minimum Gasteiger partial charge on any atom is -0.497 e. The molecule has 7 nitrogen and oxygen atoms in total. The quantitative estimate of drug-likeness (QED) is 0.803. The zero-order chi connectivity index (χ0) is 18.6. The highest BCUT2D eigenvalue weighted by Gasteiger charge is 2.30. The van der Waals surface area contributed by atoms with Gasteiger partial charge in [0.2, 0.25) is 10.0 Å². The minimum absolute atomic E-state index is 0.104. The van der Waals surface area contributed by atoms with Crippen molar-refractivity contribution in [2.24, 2.45) is 0 Å². The Bertz CT molecular complexity index is 715. The van der Waals surface area contributed by atoms with E-state index in [-0.39, 0.29) is 43.2 Å². The molecular formula is C16H23FN2O5S. The molecule has 2 rings (SSSR count). The number of morpholine rings is 1. The lowest BCUT2D eigenvalue weighted by atomic mass is 10.2. The van der Waals surface area contributed by atoms with E-state index in [1.165, 1.54) is 23.5 Å². The first-order chi connectivity index (χ1) is 11.7. The molecule has 0 aromatic heterocycles. The number of hydrogen-bond acceptors (Lipinski definition) is 5. The van der Waals surface area contributed by atoms with E-state index in [1.54, 1.807) is 0 Å². The number of hydrogen-bond donors (Lipinski definition) is 1. The third kappa shape index (κ3) is 5.13. The molecule has 1 heterocycles. The summed E-state index contributed by atoms with van der Waals surface area (Å²) in [5, 5.41) is 2.44. The van der Waals surface area contributed by atoms with Gasteiger partial charge in [0.1, 0.15) is 11.6 Å². The molecule has 1 aliphatic heterocycles. The molecule has 2 unspecified atom stereocenters. The van der Waals surface area contributed by atoms with E-state index in [1.807, 2.05) is 13.8 Å². The second kappa shape index (κ2) is 8.11. The number of rotatable bonds is 6. The number of halogens is 1. The second-order valence-electron chi connectivity index (χ2n) is 5.99. The Balaban J connectivity index is 1.92. The lowest BCUT2D eigenvalue weighted by Gasteiger charge is -2.34. The van der Waals surface area contributed by atoms with Gasteiger partial charge in [-0.2, -0.15) is 4.31 Å². The van der Waals surface area contributed by atoms with Crippen LogP contribution in [0.1, 0.15) is 24.2 Å². The highest BCUT2D eigenvalue weighted by atomic mass is 32.2. The molecule has 1 fully saturated rings. The van der Waals surface area contributed by atoms with Crippen LogP contribution in [-0.4, -0.2) is 63.3 Å². The lowest BCUT2D eigenvalue weighted by Crippen LogP contribution is -2.49. The Morgan fingerprint density at radius 3 is 2.56 bits per heavy atom. The summed E-state index contributed by atoms with van der Waals surface area (Å²) in [6, 6.07) is 3.86. The molecule has 0 aliphatic carbocycles. The van der Waals surface area contributed by atoms with Gasteiger partial charge in [-0.3, -0.25) is 4.79 Å². The predicted molar refractivity (Wildman–Crippen MR) is 90.7 cm³/mol. The topological polar surface area (TPSA) is 84.9 Å². The standard InChI is InChI=1S/C16H23FN2O5S/c1-11-9-19(10-12(2)24-11)25(21,22)7-6-18-16(20)14-5-4-13(23-3)8-15(14)17/h4-5,8,11-12H,6-7,9-10H2,1-3H3,(H,18,20). The van der Waals surface area contributed by atoms with E-state index in [2.05, 4.69) is 5.32 Å². The van der Waals surface area contributed by atoms with Crippen LogP contribution in [0.3, 0.4) is 0 Å². The van der Waals surface area contributed by atoms with Gasteiger partial charge >= 0.3 is 0 Å². The summed E-state index contributed by atoms with van der Waals surface area (Å²) in [7, 11) is -2.13. The number of methoxy groups -OCH3 is 1. The van der Waals surface area contributed by atoms with E-state index in [9.17, 15) is 17.6 Å². The van der Waals surface area contributed by atoms with Crippen molar-refractivity contribution in [3.63, 3.8) is 0 Å². The molecule has 0 saturated carbocycles. The molecule has 0 spiro atoms. The van der Waals surface area contributed by atoms with Gasteiger partial charge in [-0.15, -0.1) is 0 Å². The van der Waals surface area contributed by atoms with Crippen molar-refractivity contribution in [1.82, 2.24) is 9.62 Å². The number of carbonyl (C=O) groups is 1. The fourth-order valence-electron chi connectivity index (χ4n) is 2.68. The first-order valence-electron chi connectivity index (χ1n) is 7.98. The first kappa shape index (κ1) is 19.6. The molecule has 140 valence electrons. The SMILES string of the molecule is COc1ccc(C(=O)NCCS(=O)(=O)N2CC(C)OC(C)C2)c(F)c1. The molecule has 1 saturated heterocycles. The summed E-state index contributed by atoms with van der Waals surface area (Å²) in [6.07, 6.45) is -0.358. The van der Waals surface area contributed by atoms with Crippen molar-refractivity contribution in [2.75, 3.05) is 32.5 Å². The Kier molecular flexibility index (Phi) is 6.36. The van der Waals surface area contributed by atoms with Gasteiger partial charge in [0.15, 0.2) is 0 Å². The van der Waals surface area contributed by atoms with Gasteiger partial charge in [0.05, 0.1) is 30.6 Å². The van der Waals surface area contributed by atoms with Gasteiger partial charge in [-0.1, -0.05) is 0 Å². The Hall–Kier alpha value is -1.71. The molecule has 2 atom stereocenters. The summed E-state index contributed by atoms with van der Waals surface area (Å²) < 4.78 is 50.3. The third-order valence-corrected chi connectivity index (χ3v) is 5.65. The average Bonchev–Trinajstić information content (AvgIpc) is 2.53. The van der Waals surface area contributed by atoms with Gasteiger partial charge < -0.3 is 14.8 Å². The first-order valence-corrected chi connectivity index (χ1v) is 9.59. The Morgan fingerprint density at radius 2 is 2.00 bits per heavy atom. The lowest BCUT2D eigenvalue weighted by molar-refractivity contribution is -0.0440. The van der Waals surface area contributed by atoms with Crippen molar-refractivity contribution < 1.29 is 27.1 Å². The van der Waals surface area contributed by atoms with Crippen molar-refractivity contribution in [3.05, 3.63) is 29.6 Å². The predicted octanol–water partition coefficient (Wildman–Crippen LogP) is 1.00. The fraction of sp³-hybridized carbons (Fsp3) is 0.562. The summed E-state index contributed by atoms with van der Waals surface area (Å²) in [5.74, 6) is -1.35. The van der Waals surface area contributed by atoms with E-state index in [4.69, 9.17) is 9.47 Å². The highest BCUT2D eigenvalue weighted by molar-refractivity contribution is 7.89. The second-order valence-corrected chi connectivity index (χ2v) is 8.08. The van der Waals surface area contributed by atoms with Crippen LogP contribution in [0.25, 0.3) is 0 Å². The highest BCUT2D eigenvalue weighted by Crippen LogP contribution is 2.17. The number of ether oxygens (including phenoxy) is 2. The van der Waals surface area contributed by atoms with Crippen LogP contribution < -0.4 is 10.1 Å². The fourth-order valence-corrected chi connectivity index (χ4v) is 4.17. The molecule has 1 aromatic rings. The van der Waals surface area contributed by atoms with Crippen LogP contribution in [0.15, 0.2) is 18.2 Å². The smallest absolute Gasteiger partial charge is 0.254 e. The molecule has 1 aromatic carbocycles. The van der Waals surface area contributed by atoms with E-state index in [0.717, 1.165) is 6.07 Å². The molecule has 0 bridgehead atoms. The number of benzene rings is 1. The largest absolute Gasteiger partial charge is 0.497 e. The van der Waals surface area contributed by atoms with Crippen LogP contribution in [0, 0.1) is 5.82 Å². The van der Waals surface area contributed by atoms with Crippen molar-refractivity contribution in [2.45, 2.75) is 26.1 Å². The maximum absolute atomic E-state index is 13.8. The van der Waals surface area contributed by atoms with Crippen LogP contribution in [0.4, 0.5) is 4.39 Å². The normalized spacial score (nSPS) is 21.8. The van der Waals surface area contributed by atoms with Gasteiger partial charge in [0.25, 0.3) is 5.91 Å². The number of nitrogens with zero attached hydrogens (tertiary/aromatic N) is 1. The van der Waals surface area contributed by atoms with Crippen LogP contribution in [-0.2, 0) is 14.8 Å². The number of carbonyl (C=O) groups excluding carboxylic acids is 1. The third-order valence-electron chi connectivity index (χ3n) is 3.85. The monoisotopic (exact) mass is 374 g/mol. The summed E-state index contributed by atoms with van der Waals surface area (Å²) in [4.78, 5) is 12.0. The summed E-state index contributed by atoms with van der Waals surface area (Å²) >= 11 is 0.